The Morgan fingerprint density at radius 1 is 1.39 bits per heavy atom. The van der Waals surface area contributed by atoms with Crippen LogP contribution in [-0.4, -0.2) is 25.3 Å². The van der Waals surface area contributed by atoms with Crippen molar-refractivity contribution in [3.05, 3.63) is 23.8 Å². The summed E-state index contributed by atoms with van der Waals surface area (Å²) in [5.74, 6) is 2.04. The summed E-state index contributed by atoms with van der Waals surface area (Å²) in [6.45, 7) is 4.96. The number of rotatable bonds is 3. The maximum atomic E-state index is 6.26. The molecule has 0 amide bonds. The second-order valence-electron chi connectivity index (χ2n) is 5.29. The molecule has 3 rings (SSSR count). The van der Waals surface area contributed by atoms with Crippen LogP contribution < -0.4 is 14.8 Å². The monoisotopic (exact) mass is 247 g/mol. The zero-order chi connectivity index (χ0) is 12.4. The van der Waals surface area contributed by atoms with Crippen molar-refractivity contribution in [2.24, 2.45) is 0 Å². The molecule has 1 fully saturated rings. The van der Waals surface area contributed by atoms with Crippen molar-refractivity contribution in [2.75, 3.05) is 19.7 Å². The summed E-state index contributed by atoms with van der Waals surface area (Å²) < 4.78 is 12.1. The Hall–Kier alpha value is -1.22. The summed E-state index contributed by atoms with van der Waals surface area (Å²) in [7, 11) is 0. The van der Waals surface area contributed by atoms with Crippen LogP contribution in [0, 0.1) is 0 Å². The molecule has 2 aliphatic rings. The van der Waals surface area contributed by atoms with E-state index in [9.17, 15) is 0 Å². The first kappa shape index (κ1) is 11.8. The van der Waals surface area contributed by atoms with Gasteiger partial charge in [-0.25, -0.2) is 0 Å². The highest BCUT2D eigenvalue weighted by atomic mass is 16.5. The molecule has 0 aliphatic carbocycles. The zero-order valence-corrected chi connectivity index (χ0v) is 11.0. The summed E-state index contributed by atoms with van der Waals surface area (Å²) >= 11 is 0. The van der Waals surface area contributed by atoms with Gasteiger partial charge in [0.2, 0.25) is 0 Å². The third-order valence-electron chi connectivity index (χ3n) is 3.91. The van der Waals surface area contributed by atoms with Crippen molar-refractivity contribution in [3.8, 4) is 11.5 Å². The Balaban J connectivity index is 1.83. The molecule has 1 aromatic carbocycles. The first-order valence-corrected chi connectivity index (χ1v) is 6.97. The van der Waals surface area contributed by atoms with E-state index in [1.807, 2.05) is 6.07 Å². The van der Waals surface area contributed by atoms with E-state index in [-0.39, 0.29) is 5.60 Å². The van der Waals surface area contributed by atoms with Crippen LogP contribution in [-0.2, 0) is 6.42 Å². The summed E-state index contributed by atoms with van der Waals surface area (Å²) in [6, 6.07) is 6.17. The second-order valence-corrected chi connectivity index (χ2v) is 5.29. The van der Waals surface area contributed by atoms with Gasteiger partial charge in [-0.2, -0.15) is 0 Å². The highest BCUT2D eigenvalue weighted by Gasteiger charge is 2.39. The molecule has 3 nitrogen and oxygen atoms in total. The zero-order valence-electron chi connectivity index (χ0n) is 11.0. The van der Waals surface area contributed by atoms with Crippen molar-refractivity contribution < 1.29 is 9.47 Å². The van der Waals surface area contributed by atoms with Crippen LogP contribution in [0.5, 0.6) is 11.5 Å². The molecule has 1 unspecified atom stereocenters. The fraction of sp³-hybridized carbons (Fsp3) is 0.600. The van der Waals surface area contributed by atoms with Crippen LogP contribution in [0.25, 0.3) is 0 Å². The molecule has 3 heteroatoms. The minimum Gasteiger partial charge on any atom is -0.493 e. The fourth-order valence-corrected chi connectivity index (χ4v) is 2.89. The Morgan fingerprint density at radius 2 is 2.33 bits per heavy atom. The molecule has 2 aliphatic heterocycles. The number of nitrogens with one attached hydrogen (secondary N) is 1. The largest absolute Gasteiger partial charge is 0.493 e. The molecule has 1 aromatic rings. The van der Waals surface area contributed by atoms with Gasteiger partial charge in [0.05, 0.1) is 6.61 Å². The van der Waals surface area contributed by atoms with Crippen LogP contribution in [0.4, 0.5) is 0 Å². The fourth-order valence-electron chi connectivity index (χ4n) is 2.89. The average molecular weight is 247 g/mol. The van der Waals surface area contributed by atoms with Gasteiger partial charge in [-0.05, 0) is 37.9 Å². The molecule has 0 saturated carbocycles. The smallest absolute Gasteiger partial charge is 0.127 e. The molecule has 0 bridgehead atoms. The van der Waals surface area contributed by atoms with E-state index in [1.165, 1.54) is 5.56 Å². The van der Waals surface area contributed by atoms with Gasteiger partial charge in [0, 0.05) is 18.5 Å². The van der Waals surface area contributed by atoms with E-state index in [0.29, 0.717) is 0 Å². The normalized spacial score (nSPS) is 25.8. The summed E-state index contributed by atoms with van der Waals surface area (Å²) in [5, 5.41) is 3.41. The Morgan fingerprint density at radius 3 is 3.11 bits per heavy atom. The van der Waals surface area contributed by atoms with Crippen molar-refractivity contribution in [3.63, 3.8) is 0 Å². The molecule has 1 spiro atoms. The standard InChI is InChI=1S/C15H21NO2/c1-2-10-17-13-4-3-5-14-12(13)6-7-15(18-14)8-9-16-11-15/h3-5,16H,2,6-11H2,1H3. The van der Waals surface area contributed by atoms with Crippen LogP contribution in [0.15, 0.2) is 18.2 Å². The molecule has 1 atom stereocenters. The van der Waals surface area contributed by atoms with Gasteiger partial charge in [-0.1, -0.05) is 13.0 Å². The molecule has 98 valence electrons. The van der Waals surface area contributed by atoms with Gasteiger partial charge in [0.15, 0.2) is 0 Å². The molecular formula is C15H21NO2. The maximum absolute atomic E-state index is 6.26. The van der Waals surface area contributed by atoms with Gasteiger partial charge in [0.25, 0.3) is 0 Å². The highest BCUT2D eigenvalue weighted by molar-refractivity contribution is 5.46. The van der Waals surface area contributed by atoms with Gasteiger partial charge in [0.1, 0.15) is 17.1 Å². The van der Waals surface area contributed by atoms with Crippen molar-refractivity contribution in [1.29, 1.82) is 0 Å². The van der Waals surface area contributed by atoms with Gasteiger partial charge >= 0.3 is 0 Å². The van der Waals surface area contributed by atoms with Crippen LogP contribution >= 0.6 is 0 Å². The predicted octanol–water partition coefficient (Wildman–Crippen LogP) is 2.53. The Kier molecular flexibility index (Phi) is 3.16. The SMILES string of the molecule is CCCOc1cccc2c1CCC1(CCNC1)O2. The predicted molar refractivity (Wildman–Crippen MR) is 71.4 cm³/mol. The van der Waals surface area contributed by atoms with Gasteiger partial charge in [-0.15, -0.1) is 0 Å². The van der Waals surface area contributed by atoms with E-state index >= 15 is 0 Å². The lowest BCUT2D eigenvalue weighted by Gasteiger charge is -2.35. The molecular weight excluding hydrogens is 226 g/mol. The number of fused-ring (bicyclic) bond motifs is 1. The summed E-state index contributed by atoms with van der Waals surface area (Å²) in [5.41, 5.74) is 1.29. The van der Waals surface area contributed by atoms with Gasteiger partial charge < -0.3 is 14.8 Å². The summed E-state index contributed by atoms with van der Waals surface area (Å²) in [4.78, 5) is 0. The third kappa shape index (κ3) is 2.07. The highest BCUT2D eigenvalue weighted by Crippen LogP contribution is 2.40. The molecule has 0 aromatic heterocycles. The minimum absolute atomic E-state index is 0.0381. The van der Waals surface area contributed by atoms with E-state index in [1.54, 1.807) is 0 Å². The topological polar surface area (TPSA) is 30.5 Å². The quantitative estimate of drug-likeness (QED) is 0.890. The van der Waals surface area contributed by atoms with Crippen LogP contribution in [0.1, 0.15) is 31.7 Å². The lowest BCUT2D eigenvalue weighted by molar-refractivity contribution is 0.0653. The number of hydrogen-bond acceptors (Lipinski definition) is 3. The number of benzene rings is 1. The van der Waals surface area contributed by atoms with Gasteiger partial charge in [-0.3, -0.25) is 0 Å². The Labute approximate surface area is 108 Å². The minimum atomic E-state index is 0.0381. The number of hydrogen-bond donors (Lipinski definition) is 1. The van der Waals surface area contributed by atoms with Crippen molar-refractivity contribution in [1.82, 2.24) is 5.32 Å². The maximum Gasteiger partial charge on any atom is 0.127 e. The van der Waals surface area contributed by atoms with E-state index in [4.69, 9.17) is 9.47 Å². The van der Waals surface area contributed by atoms with Crippen LogP contribution in [0.2, 0.25) is 0 Å². The molecule has 1 saturated heterocycles. The first-order valence-electron chi connectivity index (χ1n) is 6.97. The third-order valence-corrected chi connectivity index (χ3v) is 3.91. The molecule has 2 heterocycles. The Bertz CT molecular complexity index is 425. The first-order chi connectivity index (χ1) is 8.83. The second kappa shape index (κ2) is 4.81. The average Bonchev–Trinajstić information content (AvgIpc) is 2.84. The lowest BCUT2D eigenvalue weighted by Crippen LogP contribution is -2.41. The molecule has 18 heavy (non-hydrogen) atoms. The molecule has 1 N–H and O–H groups in total. The summed E-state index contributed by atoms with van der Waals surface area (Å²) in [6.07, 6.45) is 4.32. The number of ether oxygens (including phenoxy) is 2. The molecule has 0 radical (unpaired) electrons. The van der Waals surface area contributed by atoms with E-state index < -0.39 is 0 Å². The van der Waals surface area contributed by atoms with Crippen LogP contribution in [0.3, 0.4) is 0 Å². The lowest BCUT2D eigenvalue weighted by atomic mass is 9.90. The van der Waals surface area contributed by atoms with E-state index in [0.717, 1.165) is 56.9 Å². The van der Waals surface area contributed by atoms with Crippen molar-refractivity contribution in [2.45, 2.75) is 38.2 Å². The van der Waals surface area contributed by atoms with E-state index in [2.05, 4.69) is 24.4 Å². The van der Waals surface area contributed by atoms with Crippen molar-refractivity contribution >= 4 is 0 Å².